The lowest BCUT2D eigenvalue weighted by Gasteiger charge is -1.94. The summed E-state index contributed by atoms with van der Waals surface area (Å²) >= 11 is 2.93. The molecule has 0 aromatic carbocycles. The summed E-state index contributed by atoms with van der Waals surface area (Å²) in [6.45, 7) is 0. The van der Waals surface area contributed by atoms with Crippen molar-refractivity contribution in [3.63, 3.8) is 0 Å². The molecule has 0 aliphatic carbocycles. The molecule has 0 bridgehead atoms. The van der Waals surface area contributed by atoms with E-state index in [1.54, 1.807) is 18.6 Å². The number of carbonyl (C=O) groups excluding carboxylic acids is 1. The Balaban J connectivity index is 2.15. The quantitative estimate of drug-likeness (QED) is 0.748. The van der Waals surface area contributed by atoms with Crippen LogP contribution < -0.4 is 0 Å². The molecule has 5 heteroatoms. The number of aromatic nitrogens is 2. The van der Waals surface area contributed by atoms with Crippen molar-refractivity contribution >= 4 is 29.4 Å². The fraction of sp³-hybridized carbons (Fsp3) is 0. The Bertz CT molecular complexity index is 427. The van der Waals surface area contributed by atoms with Crippen molar-refractivity contribution in [2.24, 2.45) is 0 Å². The summed E-state index contributed by atoms with van der Waals surface area (Å²) in [7, 11) is 0. The van der Waals surface area contributed by atoms with Gasteiger partial charge < -0.3 is 0 Å². The molecule has 2 aromatic heterocycles. The largest absolute Gasteiger partial charge is 0.297 e. The highest BCUT2D eigenvalue weighted by Gasteiger charge is 2.01. The van der Waals surface area contributed by atoms with Crippen LogP contribution in [-0.2, 0) is 0 Å². The number of aldehydes is 1. The van der Waals surface area contributed by atoms with E-state index in [0.717, 1.165) is 21.1 Å². The zero-order valence-electron chi connectivity index (χ0n) is 7.08. The van der Waals surface area contributed by atoms with Gasteiger partial charge in [0.2, 0.25) is 0 Å². The van der Waals surface area contributed by atoms with Gasteiger partial charge in [-0.05, 0) is 6.07 Å². The third kappa shape index (κ3) is 2.18. The minimum absolute atomic E-state index is 0.733. The Morgan fingerprint density at radius 1 is 1.43 bits per heavy atom. The fourth-order valence-corrected chi connectivity index (χ4v) is 2.55. The molecule has 0 aliphatic heterocycles. The molecule has 2 rings (SSSR count). The molecule has 0 unspecified atom stereocenters. The molecular formula is C9H6N2OS2. The molecule has 0 saturated heterocycles. The van der Waals surface area contributed by atoms with Crippen molar-refractivity contribution in [2.45, 2.75) is 9.92 Å². The van der Waals surface area contributed by atoms with E-state index in [0.29, 0.717) is 0 Å². The third-order valence-corrected chi connectivity index (χ3v) is 3.37. The first-order valence-electron chi connectivity index (χ1n) is 3.86. The van der Waals surface area contributed by atoms with Gasteiger partial charge in [0.25, 0.3) is 0 Å². The summed E-state index contributed by atoms with van der Waals surface area (Å²) in [4.78, 5) is 20.3. The van der Waals surface area contributed by atoms with Crippen LogP contribution >= 0.6 is 23.1 Å². The Morgan fingerprint density at radius 2 is 2.36 bits per heavy atom. The summed E-state index contributed by atoms with van der Waals surface area (Å²) in [6.07, 6.45) is 5.83. The van der Waals surface area contributed by atoms with Crippen molar-refractivity contribution in [1.82, 2.24) is 9.97 Å². The molecule has 2 heterocycles. The first kappa shape index (κ1) is 9.36. The second-order valence-electron chi connectivity index (χ2n) is 2.45. The minimum Gasteiger partial charge on any atom is -0.297 e. The van der Waals surface area contributed by atoms with E-state index in [-0.39, 0.29) is 0 Å². The van der Waals surface area contributed by atoms with E-state index in [4.69, 9.17) is 0 Å². The summed E-state index contributed by atoms with van der Waals surface area (Å²) in [5, 5.41) is 2.77. The number of rotatable bonds is 3. The molecule has 0 aliphatic rings. The monoisotopic (exact) mass is 222 g/mol. The van der Waals surface area contributed by atoms with E-state index in [9.17, 15) is 4.79 Å². The van der Waals surface area contributed by atoms with E-state index in [1.165, 1.54) is 23.1 Å². The highest BCUT2D eigenvalue weighted by molar-refractivity contribution is 7.99. The number of thiophene rings is 1. The molecule has 0 atom stereocenters. The summed E-state index contributed by atoms with van der Waals surface area (Å²) < 4.78 is 0. The topological polar surface area (TPSA) is 42.9 Å². The van der Waals surface area contributed by atoms with Crippen LogP contribution in [0.15, 0.2) is 40.0 Å². The zero-order chi connectivity index (χ0) is 9.80. The smallest absolute Gasteiger partial charge is 0.160 e. The Labute approximate surface area is 89.2 Å². The normalized spacial score (nSPS) is 10.0. The highest BCUT2D eigenvalue weighted by Crippen LogP contribution is 2.28. The van der Waals surface area contributed by atoms with Crippen LogP contribution in [0.5, 0.6) is 0 Å². The second-order valence-corrected chi connectivity index (χ2v) is 4.48. The van der Waals surface area contributed by atoms with Crippen molar-refractivity contribution in [1.29, 1.82) is 0 Å². The van der Waals surface area contributed by atoms with Gasteiger partial charge in [-0.2, -0.15) is 0 Å². The first-order chi connectivity index (χ1) is 6.88. The highest BCUT2D eigenvalue weighted by atomic mass is 32.2. The maximum Gasteiger partial charge on any atom is 0.160 e. The summed E-state index contributed by atoms with van der Waals surface area (Å²) in [5.41, 5.74) is 0. The van der Waals surface area contributed by atoms with E-state index in [1.807, 2.05) is 11.4 Å². The number of carbonyl (C=O) groups is 1. The van der Waals surface area contributed by atoms with Gasteiger partial charge >= 0.3 is 0 Å². The first-order valence-corrected chi connectivity index (χ1v) is 5.55. The van der Waals surface area contributed by atoms with Crippen LogP contribution in [0.4, 0.5) is 0 Å². The number of hydrogen-bond donors (Lipinski definition) is 0. The number of hydrogen-bond acceptors (Lipinski definition) is 5. The molecule has 0 saturated carbocycles. The average Bonchev–Trinajstić information content (AvgIpc) is 2.67. The predicted octanol–water partition coefficient (Wildman–Crippen LogP) is 2.50. The van der Waals surface area contributed by atoms with E-state index >= 15 is 0 Å². The maximum absolute atomic E-state index is 10.4. The van der Waals surface area contributed by atoms with Gasteiger partial charge in [-0.15, -0.1) is 11.3 Å². The van der Waals surface area contributed by atoms with Crippen LogP contribution in [0.1, 0.15) is 9.67 Å². The van der Waals surface area contributed by atoms with E-state index in [2.05, 4.69) is 9.97 Å². The average molecular weight is 222 g/mol. The Hall–Kier alpha value is -1.20. The third-order valence-electron chi connectivity index (χ3n) is 1.47. The van der Waals surface area contributed by atoms with Gasteiger partial charge in [-0.1, -0.05) is 11.8 Å². The van der Waals surface area contributed by atoms with Crippen molar-refractivity contribution in [3.05, 3.63) is 34.9 Å². The van der Waals surface area contributed by atoms with Crippen LogP contribution in [-0.4, -0.2) is 16.3 Å². The van der Waals surface area contributed by atoms with Crippen LogP contribution in [0.2, 0.25) is 0 Å². The molecule has 3 nitrogen and oxygen atoms in total. The molecule has 0 fully saturated rings. The second kappa shape index (κ2) is 4.34. The SMILES string of the molecule is O=Cc1cc(Sc2cnccn2)cs1. The van der Waals surface area contributed by atoms with Gasteiger partial charge in [0.05, 0.1) is 11.1 Å². The van der Waals surface area contributed by atoms with Gasteiger partial charge in [-0.25, -0.2) is 4.98 Å². The van der Waals surface area contributed by atoms with Crippen LogP contribution in [0.3, 0.4) is 0 Å². The molecule has 0 spiro atoms. The molecule has 2 aromatic rings. The van der Waals surface area contributed by atoms with E-state index < -0.39 is 0 Å². The van der Waals surface area contributed by atoms with Crippen molar-refractivity contribution in [3.8, 4) is 0 Å². The van der Waals surface area contributed by atoms with Crippen molar-refractivity contribution < 1.29 is 4.79 Å². The zero-order valence-corrected chi connectivity index (χ0v) is 8.72. The summed E-state index contributed by atoms with van der Waals surface area (Å²) in [6, 6.07) is 1.84. The van der Waals surface area contributed by atoms with Crippen LogP contribution in [0.25, 0.3) is 0 Å². The molecule has 14 heavy (non-hydrogen) atoms. The van der Waals surface area contributed by atoms with Gasteiger partial charge in [0, 0.05) is 22.7 Å². The molecular weight excluding hydrogens is 216 g/mol. The standard InChI is InChI=1S/C9H6N2OS2/c12-5-7-3-8(6-13-7)14-9-4-10-1-2-11-9/h1-6H. The van der Waals surface area contributed by atoms with Gasteiger partial charge in [0.1, 0.15) is 5.03 Å². The Kier molecular flexibility index (Phi) is 2.90. The predicted molar refractivity (Wildman–Crippen MR) is 55.9 cm³/mol. The molecule has 0 amide bonds. The molecule has 0 N–H and O–H groups in total. The van der Waals surface area contributed by atoms with Gasteiger partial charge in [0.15, 0.2) is 6.29 Å². The number of nitrogens with zero attached hydrogens (tertiary/aromatic N) is 2. The lowest BCUT2D eigenvalue weighted by atomic mass is 10.5. The Morgan fingerprint density at radius 3 is 3.00 bits per heavy atom. The fourth-order valence-electron chi connectivity index (χ4n) is 0.909. The lowest BCUT2D eigenvalue weighted by molar-refractivity contribution is 0.112. The molecule has 0 radical (unpaired) electrons. The van der Waals surface area contributed by atoms with Gasteiger partial charge in [-0.3, -0.25) is 9.78 Å². The maximum atomic E-state index is 10.4. The minimum atomic E-state index is 0.733. The van der Waals surface area contributed by atoms with Crippen molar-refractivity contribution in [2.75, 3.05) is 0 Å². The van der Waals surface area contributed by atoms with Crippen LogP contribution in [0, 0.1) is 0 Å². The lowest BCUT2D eigenvalue weighted by Crippen LogP contribution is -1.78. The molecule has 70 valence electrons. The summed E-state index contributed by atoms with van der Waals surface area (Å²) in [5.74, 6) is 0.